The van der Waals surface area contributed by atoms with Gasteiger partial charge in [-0.3, -0.25) is 0 Å². The van der Waals surface area contributed by atoms with Crippen LogP contribution in [0.1, 0.15) is 31.3 Å². The number of rotatable bonds is 5. The molecular weight excluding hydrogens is 349 g/mol. The molecule has 6 nitrogen and oxygen atoms in total. The van der Waals surface area contributed by atoms with Gasteiger partial charge in [0.2, 0.25) is 9.84 Å². The summed E-state index contributed by atoms with van der Waals surface area (Å²) in [4.78, 5) is 0. The van der Waals surface area contributed by atoms with E-state index in [9.17, 15) is 8.42 Å². The van der Waals surface area contributed by atoms with Crippen molar-refractivity contribution in [2.45, 2.75) is 30.9 Å². The lowest BCUT2D eigenvalue weighted by Crippen LogP contribution is -2.56. The summed E-state index contributed by atoms with van der Waals surface area (Å²) >= 11 is 12.0. The molecule has 0 amide bonds. The third kappa shape index (κ3) is 3.60. The molecule has 0 radical (unpaired) electrons. The molecule has 2 aromatic rings. The summed E-state index contributed by atoms with van der Waals surface area (Å²) in [6, 6.07) is 4.51. The zero-order valence-electron chi connectivity index (χ0n) is 12.1. The molecule has 0 saturated heterocycles. The summed E-state index contributed by atoms with van der Waals surface area (Å²) in [5.74, 6) is -0.0655. The molecule has 0 fully saturated rings. The van der Waals surface area contributed by atoms with Gasteiger partial charge in [-0.2, -0.15) is 0 Å². The van der Waals surface area contributed by atoms with Crippen molar-refractivity contribution in [1.82, 2.24) is 10.2 Å². The molecule has 2 rings (SSSR count). The molecule has 3 N–H and O–H groups in total. The summed E-state index contributed by atoms with van der Waals surface area (Å²) in [5, 5.41) is 7.47. The van der Waals surface area contributed by atoms with E-state index in [1.54, 1.807) is 18.2 Å². The first-order valence-electron chi connectivity index (χ1n) is 6.54. The molecule has 1 heterocycles. The zero-order chi connectivity index (χ0) is 16.5. The maximum absolute atomic E-state index is 12.4. The van der Waals surface area contributed by atoms with Gasteiger partial charge in [0, 0.05) is 21.5 Å². The quantitative estimate of drug-likeness (QED) is 0.876. The van der Waals surface area contributed by atoms with Crippen LogP contribution < -0.4 is 5.73 Å². The fourth-order valence-corrected chi connectivity index (χ4v) is 3.58. The van der Waals surface area contributed by atoms with Crippen LogP contribution in [0.15, 0.2) is 27.8 Å². The van der Waals surface area contributed by atoms with Crippen LogP contribution in [-0.2, 0) is 15.6 Å². The Morgan fingerprint density at radius 2 is 1.82 bits per heavy atom. The number of aromatic nitrogens is 2. The molecule has 0 saturated carbocycles. The second kappa shape index (κ2) is 6.54. The third-order valence-corrected chi connectivity index (χ3v) is 5.28. The molecule has 1 aromatic heterocycles. The topological polar surface area (TPSA) is 101 Å². The van der Waals surface area contributed by atoms with E-state index in [0.717, 1.165) is 0 Å². The fourth-order valence-electron chi connectivity index (χ4n) is 1.70. The Morgan fingerprint density at radius 3 is 2.36 bits per heavy atom. The number of quaternary nitrogens is 1. The van der Waals surface area contributed by atoms with Gasteiger partial charge >= 0.3 is 5.22 Å². The highest BCUT2D eigenvalue weighted by atomic mass is 35.5. The van der Waals surface area contributed by atoms with Gasteiger partial charge in [0.1, 0.15) is 0 Å². The Bertz CT molecular complexity index is 754. The Balaban J connectivity index is 2.32. The van der Waals surface area contributed by atoms with Crippen LogP contribution in [0.4, 0.5) is 0 Å². The largest absolute Gasteiger partial charge is 0.406 e. The Morgan fingerprint density at radius 1 is 1.23 bits per heavy atom. The molecular formula is C13H16Cl2N3O3S+. The van der Waals surface area contributed by atoms with Crippen LogP contribution in [0, 0.1) is 5.92 Å². The monoisotopic (exact) mass is 364 g/mol. The molecule has 120 valence electrons. The highest BCUT2D eigenvalue weighted by molar-refractivity contribution is 7.90. The van der Waals surface area contributed by atoms with Gasteiger partial charge in [0.15, 0.2) is 6.04 Å². The maximum atomic E-state index is 12.4. The van der Waals surface area contributed by atoms with E-state index in [4.69, 9.17) is 27.6 Å². The summed E-state index contributed by atoms with van der Waals surface area (Å²) < 4.78 is 30.0. The van der Waals surface area contributed by atoms with Crippen LogP contribution in [0.3, 0.4) is 0 Å². The zero-order valence-corrected chi connectivity index (χ0v) is 14.4. The predicted molar refractivity (Wildman–Crippen MR) is 82.1 cm³/mol. The standard InChI is InChI=1S/C13H15Cl2N3O3S/c1-7(2)11(16)12-17-18-13(21-12)22(19,20)6-8-9(14)4-3-5-10(8)15/h3-5,7,11H,6,16H2,1-2H3/p+1/t11-/m0/s1. The predicted octanol–water partition coefficient (Wildman–Crippen LogP) is 2.29. The minimum atomic E-state index is -3.83. The number of sulfone groups is 1. The van der Waals surface area contributed by atoms with Crippen molar-refractivity contribution in [3.8, 4) is 0 Å². The number of nitrogens with zero attached hydrogens (tertiary/aromatic N) is 2. The molecule has 1 aromatic carbocycles. The summed E-state index contributed by atoms with van der Waals surface area (Å²) in [7, 11) is -3.83. The fraction of sp³-hybridized carbons (Fsp3) is 0.385. The van der Waals surface area contributed by atoms with Gasteiger partial charge in [0.05, 0.1) is 5.75 Å². The van der Waals surface area contributed by atoms with Crippen LogP contribution in [0.25, 0.3) is 0 Å². The SMILES string of the molecule is CC(C)[C@H]([NH3+])c1nnc(S(=O)(=O)Cc2c(Cl)cccc2Cl)o1. The molecule has 1 atom stereocenters. The lowest BCUT2D eigenvalue weighted by atomic mass is 10.1. The van der Waals surface area contributed by atoms with Gasteiger partial charge in [-0.1, -0.05) is 48.2 Å². The molecule has 9 heteroatoms. The van der Waals surface area contributed by atoms with Gasteiger partial charge in [-0.15, -0.1) is 5.10 Å². The van der Waals surface area contributed by atoms with Crippen LogP contribution in [0.5, 0.6) is 0 Å². The van der Waals surface area contributed by atoms with Crippen LogP contribution in [-0.4, -0.2) is 18.6 Å². The smallest absolute Gasteiger partial charge is 0.336 e. The summed E-state index contributed by atoms with van der Waals surface area (Å²) in [6.07, 6.45) is 0. The van der Waals surface area contributed by atoms with Crippen molar-refractivity contribution in [2.24, 2.45) is 5.92 Å². The molecule has 22 heavy (non-hydrogen) atoms. The van der Waals surface area contributed by atoms with E-state index in [1.165, 1.54) is 0 Å². The summed E-state index contributed by atoms with van der Waals surface area (Å²) in [6.45, 7) is 3.86. The van der Waals surface area contributed by atoms with Gasteiger partial charge in [0.25, 0.3) is 5.89 Å². The lowest BCUT2D eigenvalue weighted by molar-refractivity contribution is -0.443. The van der Waals surface area contributed by atoms with Crippen LogP contribution >= 0.6 is 23.2 Å². The van der Waals surface area contributed by atoms with Crippen molar-refractivity contribution in [2.75, 3.05) is 0 Å². The molecule has 0 aliphatic rings. The first-order valence-corrected chi connectivity index (χ1v) is 8.95. The second-order valence-corrected chi connectivity index (χ2v) is 7.90. The molecule has 0 aliphatic heterocycles. The Hall–Kier alpha value is -1.15. The average molecular weight is 365 g/mol. The highest BCUT2D eigenvalue weighted by Gasteiger charge is 2.28. The van der Waals surface area contributed by atoms with E-state index < -0.39 is 20.8 Å². The van der Waals surface area contributed by atoms with E-state index in [1.807, 2.05) is 13.8 Å². The first kappa shape index (κ1) is 17.2. The van der Waals surface area contributed by atoms with Gasteiger partial charge in [-0.25, -0.2) is 8.42 Å². The van der Waals surface area contributed by atoms with Crippen molar-refractivity contribution < 1.29 is 18.6 Å². The molecule has 0 bridgehead atoms. The number of benzene rings is 1. The Kier molecular flexibility index (Phi) is 5.11. The van der Waals surface area contributed by atoms with E-state index in [-0.39, 0.29) is 27.9 Å². The van der Waals surface area contributed by atoms with E-state index >= 15 is 0 Å². The Labute approximate surface area is 138 Å². The van der Waals surface area contributed by atoms with Gasteiger partial charge in [-0.05, 0) is 12.1 Å². The number of hydrogen-bond donors (Lipinski definition) is 1. The van der Waals surface area contributed by atoms with Crippen molar-refractivity contribution in [3.63, 3.8) is 0 Å². The maximum Gasteiger partial charge on any atom is 0.336 e. The second-order valence-electron chi connectivity index (χ2n) is 5.22. The number of hydrogen-bond acceptors (Lipinski definition) is 5. The van der Waals surface area contributed by atoms with E-state index in [0.29, 0.717) is 5.56 Å². The minimum Gasteiger partial charge on any atom is -0.406 e. The lowest BCUT2D eigenvalue weighted by Gasteiger charge is -2.07. The average Bonchev–Trinajstić information content (AvgIpc) is 2.92. The summed E-state index contributed by atoms with van der Waals surface area (Å²) in [5.41, 5.74) is 4.19. The van der Waals surface area contributed by atoms with Crippen molar-refractivity contribution >= 4 is 33.0 Å². The number of halogens is 2. The molecule has 0 aliphatic carbocycles. The third-order valence-electron chi connectivity index (χ3n) is 3.21. The van der Waals surface area contributed by atoms with Crippen LogP contribution in [0.2, 0.25) is 10.0 Å². The first-order chi connectivity index (χ1) is 10.2. The van der Waals surface area contributed by atoms with Crippen molar-refractivity contribution in [1.29, 1.82) is 0 Å². The van der Waals surface area contributed by atoms with E-state index in [2.05, 4.69) is 15.9 Å². The highest BCUT2D eigenvalue weighted by Crippen LogP contribution is 2.28. The minimum absolute atomic E-state index is 0.147. The van der Waals surface area contributed by atoms with Gasteiger partial charge < -0.3 is 10.2 Å². The normalized spacial score (nSPS) is 13.5. The van der Waals surface area contributed by atoms with Crippen molar-refractivity contribution in [3.05, 3.63) is 39.7 Å². The molecule has 0 unspecified atom stereocenters. The molecule has 0 spiro atoms.